The number of halogens is 6. The third-order valence-electron chi connectivity index (χ3n) is 11.0. The second kappa shape index (κ2) is 25.8. The molecule has 0 aliphatic carbocycles. The molecule has 0 unspecified atom stereocenters. The van der Waals surface area contributed by atoms with Crippen LogP contribution in [0.5, 0.6) is 0 Å². The van der Waals surface area contributed by atoms with E-state index in [0.29, 0.717) is 34.4 Å². The smallest absolute Gasteiger partial charge is 0.0134 e. The average molecular weight is 1240 g/mol. The van der Waals surface area contributed by atoms with Gasteiger partial charge in [-0.15, -0.1) is 0 Å². The van der Waals surface area contributed by atoms with Crippen molar-refractivity contribution < 1.29 is 9.59 Å². The number of benzene rings is 8. The van der Waals surface area contributed by atoms with Gasteiger partial charge in [0.25, 0.3) is 0 Å². The summed E-state index contributed by atoms with van der Waals surface area (Å²) in [4.78, 5) is 23.7. The van der Waals surface area contributed by atoms with Crippen LogP contribution in [-0.4, -0.2) is 11.8 Å². The fourth-order valence-corrected chi connectivity index (χ4v) is 19.1. The maximum Gasteiger partial charge on any atom is -0.0134 e. The minimum Gasteiger partial charge on any atom is -0.0622 e. The van der Waals surface area contributed by atoms with Crippen molar-refractivity contribution in [2.75, 3.05) is 10.6 Å². The predicted octanol–water partition coefficient (Wildman–Crippen LogP) is 15.6. The summed E-state index contributed by atoms with van der Waals surface area (Å²) in [6.07, 6.45) is 1.50. The topological polar surface area (TPSA) is 58.2 Å². The molecule has 0 radical (unpaired) electrons. The Hall–Kier alpha value is -3.94. The van der Waals surface area contributed by atoms with Crippen molar-refractivity contribution >= 4 is 155 Å². The molecule has 8 aromatic carbocycles. The molecule has 0 spiro atoms. The van der Waals surface area contributed by atoms with E-state index in [0.717, 1.165) is 31.4 Å². The van der Waals surface area contributed by atoms with Crippen LogP contribution in [0.15, 0.2) is 215 Å². The van der Waals surface area contributed by atoms with Gasteiger partial charge in [0.15, 0.2) is 0 Å². The van der Waals surface area contributed by atoms with Crippen LogP contribution >= 0.6 is 99.7 Å². The molecule has 0 heterocycles. The molecule has 8 aromatic rings. The van der Waals surface area contributed by atoms with Crippen LogP contribution in [-0.2, 0) is 21.1 Å². The largest absolute Gasteiger partial charge is 0.0622 e. The van der Waals surface area contributed by atoms with Gasteiger partial charge in [0, 0.05) is 21.9 Å². The number of nitrogens with one attached hydrogen (secondary N) is 2. The van der Waals surface area contributed by atoms with Crippen LogP contribution in [0.25, 0.3) is 0 Å². The first-order valence-corrected chi connectivity index (χ1v) is 31.1. The van der Waals surface area contributed by atoms with Crippen molar-refractivity contribution in [2.45, 2.75) is 38.2 Å². The molecular weight excluding hydrogens is 1190 g/mol. The molecule has 2 amide bonds. The molecule has 0 bridgehead atoms. The molecule has 0 saturated heterocycles. The van der Waals surface area contributed by atoms with E-state index in [1.807, 2.05) is 50.2 Å². The molecule has 0 fully saturated rings. The molecule has 0 saturated carbocycles. The van der Waals surface area contributed by atoms with Gasteiger partial charge in [-0.2, -0.15) is 0 Å². The molecule has 0 aliphatic heterocycles. The summed E-state index contributed by atoms with van der Waals surface area (Å²) in [6, 6.07) is 71.6. The Morgan fingerprint density at radius 3 is 1.09 bits per heavy atom. The van der Waals surface area contributed by atoms with Crippen molar-refractivity contribution in [1.29, 1.82) is 0 Å². The van der Waals surface area contributed by atoms with Gasteiger partial charge in [-0.05, 0) is 57.5 Å². The first-order chi connectivity index (χ1) is 32.9. The van der Waals surface area contributed by atoms with Crippen LogP contribution in [0.1, 0.15) is 37.8 Å². The summed E-state index contributed by atoms with van der Waals surface area (Å²) in [5, 5.41) is 12.3. The van der Waals surface area contributed by atoms with Gasteiger partial charge >= 0.3 is 224 Å². The number of carbonyl (C=O) groups excluding carboxylic acids is 2. The first kappa shape index (κ1) is 53.4. The standard InChI is InChI=1S/C28H25Br2ClNOP.C18H15P.C10H10Br2ClNO/c1-2-28(33)32-27-19-26(31)25(29)18-21(27)20-34(30,22-12-6-3-7-13-22,23-14-8-4-9-15-23)24-16-10-5-11-17-24;1-4-10-16(11-5-1)19(17-12-6-2-7-13-17)18-14-8-3-9-15-18;1-2-10(15)14-9-4-8(13)7(12)3-6(9)5-11/h3-19H,2,20H2,1H3,(H,32,33);1-15H;3-4H,2,5H2,1H3,(H,14,15). The fourth-order valence-electron chi connectivity index (χ4n) is 7.56. The van der Waals surface area contributed by atoms with E-state index in [1.165, 1.54) is 31.8 Å². The molecular formula is C56H50Br4Cl2N2O2P2. The zero-order chi connectivity index (χ0) is 48.5. The molecule has 68 heavy (non-hydrogen) atoms. The van der Waals surface area contributed by atoms with Gasteiger partial charge in [-0.1, -0.05) is 125 Å². The minimum absolute atomic E-state index is 0.0180. The number of carbonyl (C=O) groups is 2. The molecule has 0 aromatic heterocycles. The van der Waals surface area contributed by atoms with E-state index in [4.69, 9.17) is 23.2 Å². The molecule has 0 aliphatic rings. The van der Waals surface area contributed by atoms with Gasteiger partial charge < -0.3 is 5.32 Å². The number of hydrogen-bond donors (Lipinski definition) is 2. The second-order valence-corrected chi connectivity index (χ2v) is 29.7. The summed E-state index contributed by atoms with van der Waals surface area (Å²) in [7, 11) is -0.446. The average Bonchev–Trinajstić information content (AvgIpc) is 3.38. The second-order valence-electron chi connectivity index (χ2n) is 15.5. The summed E-state index contributed by atoms with van der Waals surface area (Å²) in [6.45, 7) is 3.65. The Bertz CT molecular complexity index is 2700. The number of anilines is 2. The van der Waals surface area contributed by atoms with Gasteiger partial charge in [0.1, 0.15) is 0 Å². The molecule has 0 atom stereocenters. The Balaban J connectivity index is 0.000000188. The van der Waals surface area contributed by atoms with E-state index in [9.17, 15) is 9.59 Å². The SMILES string of the molecule is CCC(=O)Nc1cc(Cl)c(Br)cc1CBr.CCC(=O)Nc1cc(Cl)c(Br)cc1CP(Br)(c1ccccc1)(c1ccccc1)c1ccccc1.c1ccc(P(c2ccccc2)c2ccccc2)cc1. The Labute approximate surface area is 445 Å². The number of alkyl halides is 1. The quantitative estimate of drug-likeness (QED) is 0.0893. The van der Waals surface area contributed by atoms with E-state index in [-0.39, 0.29) is 11.8 Å². The van der Waals surface area contributed by atoms with Gasteiger partial charge in [0.05, 0.1) is 5.02 Å². The molecule has 4 nitrogen and oxygen atoms in total. The van der Waals surface area contributed by atoms with E-state index < -0.39 is 13.2 Å². The van der Waals surface area contributed by atoms with Gasteiger partial charge in [-0.25, -0.2) is 0 Å². The van der Waals surface area contributed by atoms with Gasteiger partial charge in [0.2, 0.25) is 5.91 Å². The summed E-state index contributed by atoms with van der Waals surface area (Å²) >= 11 is 27.2. The van der Waals surface area contributed by atoms with Crippen LogP contribution in [0, 0.1) is 0 Å². The maximum absolute atomic E-state index is 12.4. The van der Waals surface area contributed by atoms with E-state index in [1.54, 1.807) is 6.07 Å². The minimum atomic E-state index is -3.22. The van der Waals surface area contributed by atoms with Crippen molar-refractivity contribution in [2.24, 2.45) is 0 Å². The number of amides is 2. The van der Waals surface area contributed by atoms with Crippen molar-refractivity contribution in [3.05, 3.63) is 236 Å². The Kier molecular flexibility index (Phi) is 20.3. The third-order valence-corrected chi connectivity index (χ3v) is 26.0. The van der Waals surface area contributed by atoms with E-state index in [2.05, 4.69) is 238 Å². The van der Waals surface area contributed by atoms with Crippen molar-refractivity contribution in [3.8, 4) is 0 Å². The Morgan fingerprint density at radius 1 is 0.485 bits per heavy atom. The summed E-state index contributed by atoms with van der Waals surface area (Å²) < 4.78 is 1.62. The molecule has 8 rings (SSSR count). The van der Waals surface area contributed by atoms with Crippen LogP contribution in [0.3, 0.4) is 0 Å². The molecule has 12 heteroatoms. The Morgan fingerprint density at radius 2 is 0.779 bits per heavy atom. The van der Waals surface area contributed by atoms with Gasteiger partial charge in [-0.3, -0.25) is 4.79 Å². The van der Waals surface area contributed by atoms with Crippen LogP contribution in [0.4, 0.5) is 11.4 Å². The van der Waals surface area contributed by atoms with Crippen molar-refractivity contribution in [1.82, 2.24) is 0 Å². The van der Waals surface area contributed by atoms with Crippen LogP contribution < -0.4 is 42.5 Å². The first-order valence-electron chi connectivity index (χ1n) is 21.9. The number of hydrogen-bond acceptors (Lipinski definition) is 2. The zero-order valence-electron chi connectivity index (χ0n) is 37.4. The molecule has 2 N–H and O–H groups in total. The summed E-state index contributed by atoms with van der Waals surface area (Å²) in [5.41, 5.74) is 3.49. The number of rotatable bonds is 13. The maximum atomic E-state index is 12.4. The van der Waals surface area contributed by atoms with E-state index >= 15 is 0 Å². The normalized spacial score (nSPS) is 11.5. The summed E-state index contributed by atoms with van der Waals surface area (Å²) in [5.74, 6) is -0.0655. The zero-order valence-corrected chi connectivity index (χ0v) is 47.1. The monoisotopic (exact) mass is 1230 g/mol. The third kappa shape index (κ3) is 13.3. The van der Waals surface area contributed by atoms with Crippen molar-refractivity contribution in [3.63, 3.8) is 0 Å². The molecule has 348 valence electrons. The van der Waals surface area contributed by atoms with Crippen LogP contribution in [0.2, 0.25) is 10.0 Å². The predicted molar refractivity (Wildman–Crippen MR) is 312 cm³/mol. The fraction of sp³-hybridized carbons (Fsp3) is 0.107.